The fourth-order valence-electron chi connectivity index (χ4n) is 0.747. The maximum Gasteiger partial charge on any atom is 0.404 e. The van der Waals surface area contributed by atoms with Crippen LogP contribution in [0.15, 0.2) is 5.11 Å². The van der Waals surface area contributed by atoms with Crippen molar-refractivity contribution < 1.29 is 18.0 Å². The van der Waals surface area contributed by atoms with Gasteiger partial charge in [0.25, 0.3) is 0 Å². The van der Waals surface area contributed by atoms with Gasteiger partial charge in [0.1, 0.15) is 0 Å². The minimum absolute atomic E-state index is 0.233. The Morgan fingerprint density at radius 2 is 2.15 bits per heavy atom. The molecule has 1 unspecified atom stereocenters. The SMILES string of the molecule is CCCC(=O)C(N=[N+]=[N-])C(F)(F)F. The quantitative estimate of drug-likeness (QED) is 0.386. The molecule has 74 valence electrons. The van der Waals surface area contributed by atoms with E-state index in [1.807, 2.05) is 4.91 Å². The third-order valence-corrected chi connectivity index (χ3v) is 1.28. The van der Waals surface area contributed by atoms with Crippen LogP contribution in [0.5, 0.6) is 0 Å². The zero-order valence-corrected chi connectivity index (χ0v) is 6.88. The Morgan fingerprint density at radius 1 is 1.62 bits per heavy atom. The summed E-state index contributed by atoms with van der Waals surface area (Å²) in [7, 11) is 0. The van der Waals surface area contributed by atoms with Gasteiger partial charge in [0, 0.05) is 11.3 Å². The molecule has 0 bridgehead atoms. The number of rotatable bonds is 4. The monoisotopic (exact) mass is 195 g/mol. The molecule has 0 fully saturated rings. The molecule has 0 spiro atoms. The highest BCUT2D eigenvalue weighted by molar-refractivity contribution is 5.84. The van der Waals surface area contributed by atoms with Crippen LogP contribution in [0.25, 0.3) is 10.4 Å². The van der Waals surface area contributed by atoms with E-state index in [2.05, 4.69) is 5.11 Å². The Kier molecular flexibility index (Phi) is 4.27. The van der Waals surface area contributed by atoms with Gasteiger partial charge >= 0.3 is 6.18 Å². The maximum atomic E-state index is 12.0. The maximum absolute atomic E-state index is 12.0. The standard InChI is InChI=1S/C6H8F3N3O/c1-2-3-4(13)5(11-12-10)6(7,8)9/h5H,2-3H2,1H3. The van der Waals surface area contributed by atoms with Gasteiger partial charge in [-0.15, -0.1) is 0 Å². The average Bonchev–Trinajstić information content (AvgIpc) is 1.98. The molecule has 0 saturated heterocycles. The zero-order valence-electron chi connectivity index (χ0n) is 6.88. The summed E-state index contributed by atoms with van der Waals surface area (Å²) in [6, 6.07) is -2.53. The van der Waals surface area contributed by atoms with E-state index in [0.29, 0.717) is 6.42 Å². The Bertz CT molecular complexity index is 232. The zero-order chi connectivity index (χ0) is 10.5. The lowest BCUT2D eigenvalue weighted by Gasteiger charge is -2.12. The fourth-order valence-corrected chi connectivity index (χ4v) is 0.747. The largest absolute Gasteiger partial charge is 0.404 e. The molecule has 0 aromatic carbocycles. The topological polar surface area (TPSA) is 65.8 Å². The van der Waals surface area contributed by atoms with Crippen molar-refractivity contribution in [3.05, 3.63) is 10.4 Å². The van der Waals surface area contributed by atoms with E-state index in [-0.39, 0.29) is 6.42 Å². The van der Waals surface area contributed by atoms with Gasteiger partial charge in [0.2, 0.25) is 0 Å². The molecule has 0 heterocycles. The summed E-state index contributed by atoms with van der Waals surface area (Å²) in [6.45, 7) is 1.57. The summed E-state index contributed by atoms with van der Waals surface area (Å²) in [5.41, 5.74) is 7.82. The molecule has 7 heteroatoms. The van der Waals surface area contributed by atoms with Gasteiger partial charge in [0.15, 0.2) is 11.8 Å². The van der Waals surface area contributed by atoms with Gasteiger partial charge in [0.05, 0.1) is 0 Å². The lowest BCUT2D eigenvalue weighted by molar-refractivity contribution is -0.161. The number of hydrogen-bond acceptors (Lipinski definition) is 2. The normalized spacial score (nSPS) is 13.2. The van der Waals surface area contributed by atoms with Gasteiger partial charge in [-0.3, -0.25) is 4.79 Å². The van der Waals surface area contributed by atoms with Crippen LogP contribution in [-0.2, 0) is 4.79 Å². The lowest BCUT2D eigenvalue weighted by atomic mass is 10.1. The Balaban J connectivity index is 4.61. The molecule has 0 radical (unpaired) electrons. The van der Waals surface area contributed by atoms with Gasteiger partial charge in [-0.25, -0.2) is 0 Å². The van der Waals surface area contributed by atoms with Crippen molar-refractivity contribution >= 4 is 5.78 Å². The molecule has 4 nitrogen and oxygen atoms in total. The van der Waals surface area contributed by atoms with Gasteiger partial charge in [-0.1, -0.05) is 12.0 Å². The summed E-state index contributed by atoms with van der Waals surface area (Å²) < 4.78 is 36.0. The van der Waals surface area contributed by atoms with Crippen LogP contribution in [0.3, 0.4) is 0 Å². The summed E-state index contributed by atoms with van der Waals surface area (Å²) in [5, 5.41) is 2.42. The van der Waals surface area contributed by atoms with Crippen LogP contribution < -0.4 is 0 Å². The summed E-state index contributed by atoms with van der Waals surface area (Å²) in [6.07, 6.45) is -4.71. The molecule has 0 aliphatic carbocycles. The molecule has 0 aliphatic rings. The third-order valence-electron chi connectivity index (χ3n) is 1.28. The molecular weight excluding hydrogens is 187 g/mol. The van der Waals surface area contributed by atoms with E-state index in [1.165, 1.54) is 0 Å². The van der Waals surface area contributed by atoms with Crippen molar-refractivity contribution in [2.75, 3.05) is 0 Å². The third kappa shape index (κ3) is 3.80. The molecular formula is C6H8F3N3O. The van der Waals surface area contributed by atoms with Crippen molar-refractivity contribution in [1.29, 1.82) is 0 Å². The summed E-state index contributed by atoms with van der Waals surface area (Å²) in [4.78, 5) is 12.8. The van der Waals surface area contributed by atoms with Crippen molar-refractivity contribution in [3.8, 4) is 0 Å². The predicted molar refractivity (Wildman–Crippen MR) is 38.9 cm³/mol. The molecule has 0 aromatic heterocycles. The number of ketones is 1. The Morgan fingerprint density at radius 3 is 2.46 bits per heavy atom. The Hall–Kier alpha value is -1.23. The minimum Gasteiger partial charge on any atom is -0.299 e. The average molecular weight is 195 g/mol. The number of nitrogens with zero attached hydrogens (tertiary/aromatic N) is 3. The molecule has 13 heavy (non-hydrogen) atoms. The van der Waals surface area contributed by atoms with E-state index < -0.39 is 18.0 Å². The summed E-state index contributed by atoms with van der Waals surface area (Å²) in [5.74, 6) is -1.09. The second-order valence-electron chi connectivity index (χ2n) is 2.37. The summed E-state index contributed by atoms with van der Waals surface area (Å²) >= 11 is 0. The molecule has 0 rings (SSSR count). The molecule has 0 aliphatic heterocycles. The molecule has 0 N–H and O–H groups in total. The molecule has 1 atom stereocenters. The van der Waals surface area contributed by atoms with E-state index in [1.54, 1.807) is 6.92 Å². The van der Waals surface area contributed by atoms with Crippen LogP contribution in [0.2, 0.25) is 0 Å². The Labute approximate surface area is 72.4 Å². The van der Waals surface area contributed by atoms with Crippen LogP contribution in [0, 0.1) is 0 Å². The van der Waals surface area contributed by atoms with Crippen molar-refractivity contribution in [3.63, 3.8) is 0 Å². The number of carbonyl (C=O) groups excluding carboxylic acids is 1. The number of alkyl halides is 3. The number of Topliss-reactive ketones (excluding diaryl/α,β-unsaturated/α-hetero) is 1. The number of carbonyl (C=O) groups is 1. The highest BCUT2D eigenvalue weighted by atomic mass is 19.4. The molecule has 0 amide bonds. The van der Waals surface area contributed by atoms with E-state index in [9.17, 15) is 18.0 Å². The van der Waals surface area contributed by atoms with Crippen LogP contribution in [0.4, 0.5) is 13.2 Å². The minimum atomic E-state index is -4.78. The van der Waals surface area contributed by atoms with Crippen molar-refractivity contribution in [1.82, 2.24) is 0 Å². The van der Waals surface area contributed by atoms with Crippen molar-refractivity contribution in [2.45, 2.75) is 32.0 Å². The molecule has 0 aromatic rings. The van der Waals surface area contributed by atoms with Crippen LogP contribution in [0.1, 0.15) is 19.8 Å². The number of azide groups is 1. The van der Waals surface area contributed by atoms with Gasteiger partial charge in [-0.05, 0) is 12.0 Å². The first-order valence-electron chi connectivity index (χ1n) is 3.57. The van der Waals surface area contributed by atoms with E-state index in [0.717, 1.165) is 0 Å². The van der Waals surface area contributed by atoms with E-state index >= 15 is 0 Å². The first-order chi connectivity index (χ1) is 5.93. The van der Waals surface area contributed by atoms with Gasteiger partial charge in [-0.2, -0.15) is 13.2 Å². The second kappa shape index (κ2) is 4.71. The van der Waals surface area contributed by atoms with Crippen LogP contribution in [-0.4, -0.2) is 18.0 Å². The predicted octanol–water partition coefficient (Wildman–Crippen LogP) is 2.60. The highest BCUT2D eigenvalue weighted by Gasteiger charge is 2.43. The highest BCUT2D eigenvalue weighted by Crippen LogP contribution is 2.24. The van der Waals surface area contributed by atoms with Crippen LogP contribution >= 0.6 is 0 Å². The van der Waals surface area contributed by atoms with Gasteiger partial charge < -0.3 is 0 Å². The smallest absolute Gasteiger partial charge is 0.299 e. The molecule has 0 saturated carbocycles. The fraction of sp³-hybridized carbons (Fsp3) is 0.833. The number of hydrogen-bond donors (Lipinski definition) is 0. The van der Waals surface area contributed by atoms with Crippen molar-refractivity contribution in [2.24, 2.45) is 5.11 Å². The second-order valence-corrected chi connectivity index (χ2v) is 2.37. The first-order valence-corrected chi connectivity index (χ1v) is 3.57. The van der Waals surface area contributed by atoms with E-state index in [4.69, 9.17) is 5.53 Å². The number of halogens is 3. The lowest BCUT2D eigenvalue weighted by Crippen LogP contribution is -2.34. The first kappa shape index (κ1) is 11.8.